The average molecular weight is 322 g/mol. The molecule has 1 heterocycles. The van der Waals surface area contributed by atoms with Gasteiger partial charge in [-0.2, -0.15) is 0 Å². The van der Waals surface area contributed by atoms with Crippen LogP contribution in [-0.4, -0.2) is 42.1 Å². The first kappa shape index (κ1) is 14.1. The van der Waals surface area contributed by atoms with Crippen molar-refractivity contribution < 1.29 is 19.4 Å². The Hall–Kier alpha value is -0.920. The van der Waals surface area contributed by atoms with E-state index in [0.29, 0.717) is 6.54 Å². The molecule has 1 amide bonds. The molecule has 0 atom stereocenters. The Morgan fingerprint density at radius 2 is 2.24 bits per heavy atom. The van der Waals surface area contributed by atoms with E-state index in [1.165, 1.54) is 4.90 Å². The first-order valence-electron chi connectivity index (χ1n) is 4.75. The van der Waals surface area contributed by atoms with Crippen molar-refractivity contribution >= 4 is 39.1 Å². The average Bonchev–Trinajstić information content (AvgIpc) is 2.63. The number of rotatable bonds is 6. The van der Waals surface area contributed by atoms with E-state index in [1.807, 2.05) is 11.4 Å². The lowest BCUT2D eigenvalue weighted by Crippen LogP contribution is -2.30. The number of carboxylic acid groups (broad SMARTS) is 1. The van der Waals surface area contributed by atoms with Gasteiger partial charge in [-0.3, -0.25) is 4.79 Å². The molecule has 1 aromatic heterocycles. The van der Waals surface area contributed by atoms with Crippen LogP contribution in [0.1, 0.15) is 5.56 Å². The summed E-state index contributed by atoms with van der Waals surface area (Å²) in [6.07, 6.45) is 0. The quantitative estimate of drug-likeness (QED) is 0.863. The van der Waals surface area contributed by atoms with Crippen molar-refractivity contribution in [2.45, 2.75) is 6.54 Å². The summed E-state index contributed by atoms with van der Waals surface area (Å²) in [5.74, 6) is -1.32. The van der Waals surface area contributed by atoms with Crippen LogP contribution >= 0.6 is 27.3 Å². The van der Waals surface area contributed by atoms with Crippen molar-refractivity contribution in [1.82, 2.24) is 4.90 Å². The van der Waals surface area contributed by atoms with Crippen molar-refractivity contribution in [2.24, 2.45) is 0 Å². The highest BCUT2D eigenvalue weighted by Gasteiger charge is 2.11. The van der Waals surface area contributed by atoms with E-state index in [2.05, 4.69) is 15.9 Å². The van der Waals surface area contributed by atoms with Crippen LogP contribution in [0.5, 0.6) is 0 Å². The van der Waals surface area contributed by atoms with Gasteiger partial charge in [0.05, 0.1) is 3.79 Å². The van der Waals surface area contributed by atoms with Crippen LogP contribution in [0.15, 0.2) is 15.2 Å². The molecular formula is C10H12BrNO4S. The summed E-state index contributed by atoms with van der Waals surface area (Å²) in [7, 11) is 1.65. The highest BCUT2D eigenvalue weighted by Crippen LogP contribution is 2.21. The second-order valence-corrected chi connectivity index (χ2v) is 5.69. The van der Waals surface area contributed by atoms with E-state index in [-0.39, 0.29) is 12.5 Å². The predicted octanol–water partition coefficient (Wildman–Crippen LogP) is 1.57. The molecule has 94 valence electrons. The largest absolute Gasteiger partial charge is 0.480 e. The smallest absolute Gasteiger partial charge is 0.329 e. The van der Waals surface area contributed by atoms with E-state index in [9.17, 15) is 9.59 Å². The molecule has 17 heavy (non-hydrogen) atoms. The normalized spacial score (nSPS) is 10.2. The molecule has 0 saturated heterocycles. The van der Waals surface area contributed by atoms with Gasteiger partial charge in [0.1, 0.15) is 13.2 Å². The maximum atomic E-state index is 11.5. The number of likely N-dealkylation sites (N-methyl/N-ethyl adjacent to an activating group) is 1. The van der Waals surface area contributed by atoms with Gasteiger partial charge in [0.2, 0.25) is 5.91 Å². The zero-order chi connectivity index (χ0) is 12.8. The van der Waals surface area contributed by atoms with Crippen molar-refractivity contribution in [1.29, 1.82) is 0 Å². The molecular weight excluding hydrogens is 310 g/mol. The number of hydrogen-bond donors (Lipinski definition) is 1. The highest BCUT2D eigenvalue weighted by molar-refractivity contribution is 9.11. The van der Waals surface area contributed by atoms with E-state index >= 15 is 0 Å². The van der Waals surface area contributed by atoms with Crippen LogP contribution in [-0.2, 0) is 20.9 Å². The Bertz CT molecular complexity index is 407. The highest BCUT2D eigenvalue weighted by atomic mass is 79.9. The second-order valence-electron chi connectivity index (χ2n) is 3.40. The van der Waals surface area contributed by atoms with Gasteiger partial charge >= 0.3 is 5.97 Å². The fourth-order valence-electron chi connectivity index (χ4n) is 1.13. The Kier molecular flexibility index (Phi) is 5.60. The number of carboxylic acids is 1. The fraction of sp³-hybridized carbons (Fsp3) is 0.400. The van der Waals surface area contributed by atoms with E-state index in [1.54, 1.807) is 18.4 Å². The molecule has 0 bridgehead atoms. The molecule has 0 aliphatic rings. The molecule has 5 nitrogen and oxygen atoms in total. The minimum absolute atomic E-state index is 0.214. The van der Waals surface area contributed by atoms with Crippen molar-refractivity contribution in [3.8, 4) is 0 Å². The van der Waals surface area contributed by atoms with Gasteiger partial charge in [-0.1, -0.05) is 0 Å². The standard InChI is InChI=1S/C10H12BrNO4S/c1-12(3-7-2-8(11)17-6-7)9(13)4-16-5-10(14)15/h2,6H,3-5H2,1H3,(H,14,15). The van der Waals surface area contributed by atoms with Crippen molar-refractivity contribution in [3.05, 3.63) is 20.8 Å². The van der Waals surface area contributed by atoms with E-state index in [4.69, 9.17) is 9.84 Å². The minimum atomic E-state index is -1.08. The molecule has 0 fully saturated rings. The number of halogens is 1. The fourth-order valence-corrected chi connectivity index (χ4v) is 2.33. The van der Waals surface area contributed by atoms with Gasteiger partial charge in [-0.05, 0) is 32.9 Å². The third-order valence-corrected chi connectivity index (χ3v) is 3.47. The minimum Gasteiger partial charge on any atom is -0.480 e. The molecule has 0 spiro atoms. The summed E-state index contributed by atoms with van der Waals surface area (Å²) in [5.41, 5.74) is 1.02. The number of ether oxygens (including phenoxy) is 1. The Labute approximate surface area is 111 Å². The zero-order valence-corrected chi connectivity index (χ0v) is 11.6. The van der Waals surface area contributed by atoms with Gasteiger partial charge in [0.25, 0.3) is 0 Å². The van der Waals surface area contributed by atoms with Gasteiger partial charge in [0.15, 0.2) is 0 Å². The number of thiophene rings is 1. The first-order chi connectivity index (χ1) is 7.99. The second kappa shape index (κ2) is 6.73. The first-order valence-corrected chi connectivity index (χ1v) is 6.42. The maximum absolute atomic E-state index is 11.5. The number of aliphatic carboxylic acids is 1. The number of carbonyl (C=O) groups is 2. The third-order valence-electron chi connectivity index (χ3n) is 1.92. The predicted molar refractivity (Wildman–Crippen MR) is 66.9 cm³/mol. The lowest BCUT2D eigenvalue weighted by atomic mass is 10.3. The molecule has 0 aromatic carbocycles. The Morgan fingerprint density at radius 1 is 1.53 bits per heavy atom. The summed E-state index contributed by atoms with van der Waals surface area (Å²) in [6.45, 7) is -0.185. The van der Waals surface area contributed by atoms with Gasteiger partial charge in [-0.15, -0.1) is 11.3 Å². The molecule has 1 N–H and O–H groups in total. The monoisotopic (exact) mass is 321 g/mol. The summed E-state index contributed by atoms with van der Waals surface area (Å²) < 4.78 is 5.73. The third kappa shape index (κ3) is 5.29. The Morgan fingerprint density at radius 3 is 2.76 bits per heavy atom. The zero-order valence-electron chi connectivity index (χ0n) is 9.18. The topological polar surface area (TPSA) is 66.8 Å². The van der Waals surface area contributed by atoms with Gasteiger partial charge in [0, 0.05) is 13.6 Å². The molecule has 0 aliphatic heterocycles. The summed E-state index contributed by atoms with van der Waals surface area (Å²) in [5, 5.41) is 10.3. The van der Waals surface area contributed by atoms with Crippen LogP contribution in [0.3, 0.4) is 0 Å². The molecule has 1 aromatic rings. The number of carbonyl (C=O) groups excluding carboxylic acids is 1. The van der Waals surface area contributed by atoms with Crippen LogP contribution < -0.4 is 0 Å². The molecule has 0 aliphatic carbocycles. The molecule has 0 radical (unpaired) electrons. The van der Waals surface area contributed by atoms with Crippen LogP contribution in [0.25, 0.3) is 0 Å². The number of hydrogen-bond acceptors (Lipinski definition) is 4. The van der Waals surface area contributed by atoms with Gasteiger partial charge in [-0.25, -0.2) is 4.79 Å². The molecule has 1 rings (SSSR count). The van der Waals surface area contributed by atoms with E-state index in [0.717, 1.165) is 9.35 Å². The molecule has 7 heteroatoms. The maximum Gasteiger partial charge on any atom is 0.329 e. The number of nitrogens with zero attached hydrogens (tertiary/aromatic N) is 1. The van der Waals surface area contributed by atoms with Crippen LogP contribution in [0.2, 0.25) is 0 Å². The lowest BCUT2D eigenvalue weighted by molar-refractivity contribution is -0.145. The summed E-state index contributed by atoms with van der Waals surface area (Å²) >= 11 is 4.89. The van der Waals surface area contributed by atoms with Crippen LogP contribution in [0.4, 0.5) is 0 Å². The van der Waals surface area contributed by atoms with Crippen LogP contribution in [0, 0.1) is 0 Å². The number of amides is 1. The summed E-state index contributed by atoms with van der Waals surface area (Å²) in [4.78, 5) is 23.2. The Balaban J connectivity index is 2.34. The lowest BCUT2D eigenvalue weighted by Gasteiger charge is -2.15. The molecule has 0 saturated carbocycles. The van der Waals surface area contributed by atoms with Crippen molar-refractivity contribution in [3.63, 3.8) is 0 Å². The SMILES string of the molecule is CN(Cc1csc(Br)c1)C(=O)COCC(=O)O. The molecule has 0 unspecified atom stereocenters. The summed E-state index contributed by atoms with van der Waals surface area (Å²) in [6, 6.07) is 1.94. The van der Waals surface area contributed by atoms with Gasteiger partial charge < -0.3 is 14.7 Å². The van der Waals surface area contributed by atoms with E-state index < -0.39 is 12.6 Å². The van der Waals surface area contributed by atoms with Crippen molar-refractivity contribution in [2.75, 3.05) is 20.3 Å².